The minimum atomic E-state index is 0. The summed E-state index contributed by atoms with van der Waals surface area (Å²) in [7, 11) is 1.86. The number of rotatable bonds is 5. The number of guanidine groups is 1. The fraction of sp³-hybridized carbons (Fsp3) is 0.632. The molecule has 25 heavy (non-hydrogen) atoms. The van der Waals surface area contributed by atoms with Gasteiger partial charge in [0.15, 0.2) is 5.96 Å². The van der Waals surface area contributed by atoms with E-state index in [9.17, 15) is 0 Å². The molecule has 2 heterocycles. The van der Waals surface area contributed by atoms with Crippen LogP contribution in [0.5, 0.6) is 0 Å². The molecule has 4 nitrogen and oxygen atoms in total. The molecule has 0 bridgehead atoms. The Kier molecular flexibility index (Phi) is 8.85. The van der Waals surface area contributed by atoms with E-state index < -0.39 is 0 Å². The molecule has 2 aliphatic rings. The summed E-state index contributed by atoms with van der Waals surface area (Å²) in [6, 6.07) is 10.9. The third-order valence-corrected chi connectivity index (χ3v) is 6.57. The Balaban J connectivity index is 0.00000225. The van der Waals surface area contributed by atoms with E-state index in [1.54, 1.807) is 0 Å². The van der Waals surface area contributed by atoms with E-state index in [0.29, 0.717) is 0 Å². The number of halogens is 1. The van der Waals surface area contributed by atoms with Crippen molar-refractivity contribution in [3.8, 4) is 0 Å². The van der Waals surface area contributed by atoms with Crippen molar-refractivity contribution in [3.05, 3.63) is 35.9 Å². The molecule has 0 aliphatic carbocycles. The lowest BCUT2D eigenvalue weighted by Gasteiger charge is -2.38. The number of hydrogen-bond acceptors (Lipinski definition) is 3. The van der Waals surface area contributed by atoms with Crippen LogP contribution in [-0.2, 0) is 10.2 Å². The number of thioether (sulfide) groups is 1. The predicted octanol–water partition coefficient (Wildman–Crippen LogP) is 3.41. The molecule has 0 radical (unpaired) electrons. The molecular formula is C19H30IN3OS. The Labute approximate surface area is 173 Å². The smallest absolute Gasteiger partial charge is 0.191 e. The zero-order chi connectivity index (χ0) is 16.7. The first kappa shape index (κ1) is 20.8. The second-order valence-electron chi connectivity index (χ2n) is 6.70. The number of nitrogens with zero attached hydrogens (tertiary/aromatic N) is 1. The standard InChI is InChI=1S/C19H29N3OS.HI/c1-20-18(21-14-17-8-5-13-24-17)22-15-19(9-11-23-12-10-19)16-6-3-2-4-7-16;/h2-4,6-7,17H,5,8-15H2,1H3,(H2,20,21,22);1H. The highest BCUT2D eigenvalue weighted by Crippen LogP contribution is 2.34. The van der Waals surface area contributed by atoms with Gasteiger partial charge in [0, 0.05) is 44.0 Å². The van der Waals surface area contributed by atoms with Gasteiger partial charge in [-0.2, -0.15) is 11.8 Å². The first-order valence-electron chi connectivity index (χ1n) is 9.02. The third kappa shape index (κ3) is 5.76. The van der Waals surface area contributed by atoms with E-state index in [0.717, 1.165) is 50.4 Å². The van der Waals surface area contributed by atoms with E-state index in [4.69, 9.17) is 4.74 Å². The van der Waals surface area contributed by atoms with Crippen LogP contribution in [0.15, 0.2) is 35.3 Å². The summed E-state index contributed by atoms with van der Waals surface area (Å²) < 4.78 is 5.62. The van der Waals surface area contributed by atoms with Crippen molar-refractivity contribution in [2.45, 2.75) is 36.3 Å². The second kappa shape index (κ2) is 10.6. The van der Waals surface area contributed by atoms with E-state index in [-0.39, 0.29) is 29.4 Å². The number of hydrogen-bond donors (Lipinski definition) is 2. The molecule has 0 amide bonds. The van der Waals surface area contributed by atoms with Gasteiger partial charge < -0.3 is 15.4 Å². The molecule has 0 aromatic heterocycles. The number of nitrogens with one attached hydrogen (secondary N) is 2. The highest BCUT2D eigenvalue weighted by Gasteiger charge is 2.34. The molecule has 6 heteroatoms. The van der Waals surface area contributed by atoms with E-state index >= 15 is 0 Å². The maximum absolute atomic E-state index is 5.62. The molecule has 2 fully saturated rings. The average Bonchev–Trinajstić information content (AvgIpc) is 3.17. The lowest BCUT2D eigenvalue weighted by molar-refractivity contribution is 0.0514. The van der Waals surface area contributed by atoms with E-state index in [1.807, 2.05) is 7.05 Å². The zero-order valence-electron chi connectivity index (χ0n) is 15.0. The monoisotopic (exact) mass is 475 g/mol. The summed E-state index contributed by atoms with van der Waals surface area (Å²) in [6.07, 6.45) is 4.78. The van der Waals surface area contributed by atoms with Crippen molar-refractivity contribution in [2.24, 2.45) is 4.99 Å². The Hall–Kier alpha value is -0.470. The molecule has 0 saturated carbocycles. The molecule has 2 N–H and O–H groups in total. The number of ether oxygens (including phenoxy) is 1. The van der Waals surface area contributed by atoms with Gasteiger partial charge in [0.25, 0.3) is 0 Å². The Morgan fingerprint density at radius 1 is 1.24 bits per heavy atom. The van der Waals surface area contributed by atoms with Crippen LogP contribution in [0.2, 0.25) is 0 Å². The topological polar surface area (TPSA) is 45.7 Å². The summed E-state index contributed by atoms with van der Waals surface area (Å²) in [6.45, 7) is 3.58. The minimum Gasteiger partial charge on any atom is -0.381 e. The molecule has 1 aromatic rings. The van der Waals surface area contributed by atoms with Crippen LogP contribution in [0.3, 0.4) is 0 Å². The van der Waals surface area contributed by atoms with Gasteiger partial charge in [-0.15, -0.1) is 24.0 Å². The van der Waals surface area contributed by atoms with Gasteiger partial charge in [-0.05, 0) is 37.0 Å². The Bertz CT molecular complexity index is 529. The van der Waals surface area contributed by atoms with Gasteiger partial charge in [-0.25, -0.2) is 0 Å². The fourth-order valence-electron chi connectivity index (χ4n) is 3.61. The van der Waals surface area contributed by atoms with E-state index in [2.05, 4.69) is 57.7 Å². The molecule has 2 saturated heterocycles. The van der Waals surface area contributed by atoms with Crippen LogP contribution >= 0.6 is 35.7 Å². The summed E-state index contributed by atoms with van der Waals surface area (Å²) in [5.41, 5.74) is 1.54. The SMILES string of the molecule is CN=C(NCC1CCCS1)NCC1(c2ccccc2)CCOCC1.I. The molecule has 3 rings (SSSR count). The van der Waals surface area contributed by atoms with Crippen molar-refractivity contribution in [3.63, 3.8) is 0 Å². The lowest BCUT2D eigenvalue weighted by Crippen LogP contribution is -2.48. The van der Waals surface area contributed by atoms with Crippen LogP contribution in [0.1, 0.15) is 31.2 Å². The zero-order valence-corrected chi connectivity index (χ0v) is 18.1. The van der Waals surface area contributed by atoms with Gasteiger partial charge in [0.1, 0.15) is 0 Å². The maximum Gasteiger partial charge on any atom is 0.191 e. The summed E-state index contributed by atoms with van der Waals surface area (Å²) in [5, 5.41) is 7.81. The van der Waals surface area contributed by atoms with Gasteiger partial charge in [-0.1, -0.05) is 30.3 Å². The maximum atomic E-state index is 5.62. The average molecular weight is 475 g/mol. The predicted molar refractivity (Wildman–Crippen MR) is 118 cm³/mol. The Morgan fingerprint density at radius 2 is 2.00 bits per heavy atom. The summed E-state index contributed by atoms with van der Waals surface area (Å²) >= 11 is 2.08. The van der Waals surface area contributed by atoms with Gasteiger partial charge in [0.2, 0.25) is 0 Å². The third-order valence-electron chi connectivity index (χ3n) is 5.18. The van der Waals surface area contributed by atoms with Crippen molar-refractivity contribution in [1.82, 2.24) is 10.6 Å². The molecule has 1 aromatic carbocycles. The molecule has 1 atom stereocenters. The molecule has 1 unspecified atom stereocenters. The van der Waals surface area contributed by atoms with Gasteiger partial charge in [0.05, 0.1) is 0 Å². The summed E-state index contributed by atoms with van der Waals surface area (Å²) in [5.74, 6) is 2.22. The molecule has 140 valence electrons. The van der Waals surface area contributed by atoms with Crippen molar-refractivity contribution in [2.75, 3.05) is 39.1 Å². The first-order valence-corrected chi connectivity index (χ1v) is 10.1. The number of aliphatic imine (C=N–C) groups is 1. The fourth-order valence-corrected chi connectivity index (χ4v) is 4.81. The van der Waals surface area contributed by atoms with Gasteiger partial charge in [-0.3, -0.25) is 4.99 Å². The minimum absolute atomic E-state index is 0. The molecule has 2 aliphatic heterocycles. The Morgan fingerprint density at radius 3 is 2.64 bits per heavy atom. The van der Waals surface area contributed by atoms with Crippen LogP contribution in [0, 0.1) is 0 Å². The van der Waals surface area contributed by atoms with Crippen LogP contribution in [0.4, 0.5) is 0 Å². The van der Waals surface area contributed by atoms with Crippen LogP contribution < -0.4 is 10.6 Å². The van der Waals surface area contributed by atoms with Crippen LogP contribution in [-0.4, -0.2) is 50.3 Å². The number of benzene rings is 1. The lowest BCUT2D eigenvalue weighted by atomic mass is 9.74. The normalized spacial score (nSPS) is 22.9. The van der Waals surface area contributed by atoms with Crippen molar-refractivity contribution in [1.29, 1.82) is 0 Å². The quantitative estimate of drug-likeness (QED) is 0.389. The highest BCUT2D eigenvalue weighted by molar-refractivity contribution is 14.0. The van der Waals surface area contributed by atoms with Crippen molar-refractivity contribution < 1.29 is 4.74 Å². The van der Waals surface area contributed by atoms with Crippen LogP contribution in [0.25, 0.3) is 0 Å². The van der Waals surface area contributed by atoms with Gasteiger partial charge >= 0.3 is 0 Å². The molecular weight excluding hydrogens is 445 g/mol. The summed E-state index contributed by atoms with van der Waals surface area (Å²) in [4.78, 5) is 4.41. The highest BCUT2D eigenvalue weighted by atomic mass is 127. The van der Waals surface area contributed by atoms with Crippen molar-refractivity contribution >= 4 is 41.7 Å². The first-order chi connectivity index (χ1) is 11.8. The largest absolute Gasteiger partial charge is 0.381 e. The van der Waals surface area contributed by atoms with E-state index in [1.165, 1.54) is 24.2 Å². The second-order valence-corrected chi connectivity index (χ2v) is 8.11. The molecule has 0 spiro atoms.